The van der Waals surface area contributed by atoms with Gasteiger partial charge in [0.2, 0.25) is 0 Å². The Hall–Kier alpha value is -2.03. The summed E-state index contributed by atoms with van der Waals surface area (Å²) in [7, 11) is -5.86. The molecule has 0 saturated carbocycles. The zero-order chi connectivity index (χ0) is 18.1. The van der Waals surface area contributed by atoms with Gasteiger partial charge in [0.05, 0.1) is 0 Å². The first-order valence-electron chi connectivity index (χ1n) is 6.30. The van der Waals surface area contributed by atoms with Gasteiger partial charge in [-0.25, -0.2) is 4.79 Å². The lowest BCUT2D eigenvalue weighted by Gasteiger charge is -2.21. The van der Waals surface area contributed by atoms with Crippen molar-refractivity contribution in [2.45, 2.75) is 31.7 Å². The van der Waals surface area contributed by atoms with Crippen molar-refractivity contribution in [3.8, 4) is 5.75 Å². The molecule has 0 aromatic heterocycles. The minimum absolute atomic E-state index is 0.103. The molecule has 1 N–H and O–H groups in total. The molecule has 0 fully saturated rings. The predicted molar refractivity (Wildman–Crippen MR) is 77.4 cm³/mol. The van der Waals surface area contributed by atoms with E-state index in [1.54, 1.807) is 26.8 Å². The van der Waals surface area contributed by atoms with Gasteiger partial charge in [0, 0.05) is 11.6 Å². The van der Waals surface area contributed by atoms with Crippen molar-refractivity contribution >= 4 is 22.2 Å². The van der Waals surface area contributed by atoms with Crippen LogP contribution >= 0.6 is 0 Å². The highest BCUT2D eigenvalue weighted by molar-refractivity contribution is 7.88. The minimum atomic E-state index is -5.86. The monoisotopic (exact) mass is 352 g/mol. The highest BCUT2D eigenvalue weighted by atomic mass is 32.2. The Morgan fingerprint density at radius 3 is 2.22 bits per heavy atom. The lowest BCUT2D eigenvalue weighted by Crippen LogP contribution is -2.28. The van der Waals surface area contributed by atoms with Gasteiger partial charge in [0.1, 0.15) is 5.75 Å². The highest BCUT2D eigenvalue weighted by Crippen LogP contribution is 2.33. The molecule has 0 radical (unpaired) electrons. The van der Waals surface area contributed by atoms with E-state index in [-0.39, 0.29) is 5.56 Å². The van der Waals surface area contributed by atoms with E-state index in [1.807, 2.05) is 0 Å². The smallest absolute Gasteiger partial charge is 0.478 e. The SMILES string of the molecule is CC(C)(C)c1ccc(C=CC(=O)O)c(OS(=O)(=O)C(F)(F)F)c1. The number of carboxylic acid groups (broad SMARTS) is 1. The lowest BCUT2D eigenvalue weighted by atomic mass is 9.86. The number of aliphatic carboxylic acids is 1. The molecule has 0 unspecified atom stereocenters. The number of alkyl halides is 3. The molecular weight excluding hydrogens is 337 g/mol. The van der Waals surface area contributed by atoms with E-state index in [2.05, 4.69) is 4.18 Å². The summed E-state index contributed by atoms with van der Waals surface area (Å²) >= 11 is 0. The minimum Gasteiger partial charge on any atom is -0.478 e. The van der Waals surface area contributed by atoms with Gasteiger partial charge in [-0.1, -0.05) is 32.9 Å². The van der Waals surface area contributed by atoms with Crippen molar-refractivity contribution in [1.29, 1.82) is 0 Å². The first kappa shape index (κ1) is 19.0. The fraction of sp³-hybridized carbons (Fsp3) is 0.357. The van der Waals surface area contributed by atoms with Gasteiger partial charge in [-0.05, 0) is 23.1 Å². The number of halogens is 3. The summed E-state index contributed by atoms with van der Waals surface area (Å²) in [5.41, 5.74) is -5.64. The Kier molecular flexibility index (Phi) is 5.15. The van der Waals surface area contributed by atoms with E-state index in [4.69, 9.17) is 5.11 Å². The molecule has 0 aliphatic rings. The standard InChI is InChI=1S/C14H15F3O5S/c1-13(2,3)10-6-4-9(5-7-12(18)19)11(8-10)22-23(20,21)14(15,16)17/h4-8H,1-3H3,(H,18,19). The van der Waals surface area contributed by atoms with E-state index >= 15 is 0 Å². The van der Waals surface area contributed by atoms with Crippen LogP contribution in [0.5, 0.6) is 5.75 Å². The summed E-state index contributed by atoms with van der Waals surface area (Å²) in [6, 6.07) is 3.99. The van der Waals surface area contributed by atoms with Crippen LogP contribution in [0.1, 0.15) is 31.9 Å². The van der Waals surface area contributed by atoms with Crippen LogP contribution < -0.4 is 4.18 Å². The van der Waals surface area contributed by atoms with Gasteiger partial charge in [-0.15, -0.1) is 0 Å². The van der Waals surface area contributed by atoms with E-state index < -0.39 is 32.8 Å². The molecule has 0 saturated heterocycles. The third-order valence-corrected chi connectivity index (χ3v) is 3.73. The Morgan fingerprint density at radius 2 is 1.78 bits per heavy atom. The fourth-order valence-electron chi connectivity index (χ4n) is 1.54. The average molecular weight is 352 g/mol. The van der Waals surface area contributed by atoms with Crippen molar-refractivity contribution in [2.75, 3.05) is 0 Å². The van der Waals surface area contributed by atoms with Gasteiger partial charge < -0.3 is 9.29 Å². The molecule has 0 aliphatic heterocycles. The summed E-state index contributed by atoms with van der Waals surface area (Å²) in [6.07, 6.45) is 1.62. The van der Waals surface area contributed by atoms with Crippen molar-refractivity contribution < 1.29 is 35.7 Å². The van der Waals surface area contributed by atoms with E-state index in [0.717, 1.165) is 12.1 Å². The second kappa shape index (κ2) is 6.23. The van der Waals surface area contributed by atoms with Gasteiger partial charge >= 0.3 is 21.6 Å². The number of carboxylic acids is 1. The molecular formula is C14H15F3O5S. The van der Waals surface area contributed by atoms with Crippen molar-refractivity contribution in [3.63, 3.8) is 0 Å². The quantitative estimate of drug-likeness (QED) is 0.511. The Morgan fingerprint density at radius 1 is 1.22 bits per heavy atom. The maximum atomic E-state index is 12.5. The Labute approximate surface area is 131 Å². The molecule has 0 atom stereocenters. The van der Waals surface area contributed by atoms with Crippen LogP contribution in [0.25, 0.3) is 6.08 Å². The summed E-state index contributed by atoms with van der Waals surface area (Å²) in [5.74, 6) is -1.93. The number of carbonyl (C=O) groups is 1. The zero-order valence-corrected chi connectivity index (χ0v) is 13.3. The Balaban J connectivity index is 3.43. The van der Waals surface area contributed by atoms with Gasteiger partial charge in [0.15, 0.2) is 0 Å². The van der Waals surface area contributed by atoms with E-state index in [1.165, 1.54) is 6.07 Å². The first-order chi connectivity index (χ1) is 10.2. The predicted octanol–water partition coefficient (Wildman–Crippen LogP) is 3.31. The first-order valence-corrected chi connectivity index (χ1v) is 7.71. The molecule has 128 valence electrons. The average Bonchev–Trinajstić information content (AvgIpc) is 2.34. The summed E-state index contributed by atoms with van der Waals surface area (Å²) < 4.78 is 64.0. The van der Waals surface area contributed by atoms with Crippen molar-refractivity contribution in [3.05, 3.63) is 35.4 Å². The molecule has 1 aromatic carbocycles. The van der Waals surface area contributed by atoms with Crippen LogP contribution in [0.2, 0.25) is 0 Å². The number of benzene rings is 1. The lowest BCUT2D eigenvalue weighted by molar-refractivity contribution is -0.131. The second-order valence-electron chi connectivity index (χ2n) is 5.66. The molecule has 0 amide bonds. The normalized spacial score (nSPS) is 13.3. The highest BCUT2D eigenvalue weighted by Gasteiger charge is 2.48. The molecule has 0 spiro atoms. The van der Waals surface area contributed by atoms with Gasteiger partial charge in [-0.2, -0.15) is 21.6 Å². The molecule has 5 nitrogen and oxygen atoms in total. The van der Waals surface area contributed by atoms with Gasteiger partial charge in [-0.3, -0.25) is 0 Å². The summed E-state index contributed by atoms with van der Waals surface area (Å²) in [4.78, 5) is 10.5. The molecule has 23 heavy (non-hydrogen) atoms. The largest absolute Gasteiger partial charge is 0.534 e. The zero-order valence-electron chi connectivity index (χ0n) is 12.5. The maximum absolute atomic E-state index is 12.5. The summed E-state index contributed by atoms with van der Waals surface area (Å²) in [5, 5.41) is 8.59. The molecule has 1 rings (SSSR count). The molecule has 1 aromatic rings. The molecule has 0 bridgehead atoms. The molecule has 0 heterocycles. The third-order valence-electron chi connectivity index (χ3n) is 2.77. The number of rotatable bonds is 4. The maximum Gasteiger partial charge on any atom is 0.534 e. The topological polar surface area (TPSA) is 80.7 Å². The summed E-state index contributed by atoms with van der Waals surface area (Å²) in [6.45, 7) is 5.32. The van der Waals surface area contributed by atoms with Crippen molar-refractivity contribution in [1.82, 2.24) is 0 Å². The van der Waals surface area contributed by atoms with Crippen LogP contribution in [0, 0.1) is 0 Å². The van der Waals surface area contributed by atoms with Crippen molar-refractivity contribution in [2.24, 2.45) is 0 Å². The van der Waals surface area contributed by atoms with Crippen LogP contribution in [-0.4, -0.2) is 25.0 Å². The second-order valence-corrected chi connectivity index (χ2v) is 7.20. The molecule has 0 aliphatic carbocycles. The third kappa shape index (κ3) is 4.98. The fourth-order valence-corrected chi connectivity index (χ4v) is 2.01. The van der Waals surface area contributed by atoms with Crippen LogP contribution in [0.3, 0.4) is 0 Å². The van der Waals surface area contributed by atoms with Crippen LogP contribution in [-0.2, 0) is 20.3 Å². The molecule has 9 heteroatoms. The number of hydrogen-bond donors (Lipinski definition) is 1. The van der Waals surface area contributed by atoms with E-state index in [0.29, 0.717) is 11.6 Å². The van der Waals surface area contributed by atoms with Gasteiger partial charge in [0.25, 0.3) is 0 Å². The van der Waals surface area contributed by atoms with E-state index in [9.17, 15) is 26.4 Å². The van der Waals surface area contributed by atoms with Crippen LogP contribution in [0.15, 0.2) is 24.3 Å². The number of hydrogen-bond acceptors (Lipinski definition) is 4. The van der Waals surface area contributed by atoms with Crippen LogP contribution in [0.4, 0.5) is 13.2 Å². The Bertz CT molecular complexity index is 728.